The van der Waals surface area contributed by atoms with E-state index in [4.69, 9.17) is 0 Å². The van der Waals surface area contributed by atoms with Crippen molar-refractivity contribution in [3.63, 3.8) is 0 Å². The molecule has 0 unspecified atom stereocenters. The summed E-state index contributed by atoms with van der Waals surface area (Å²) in [6, 6.07) is 4.92. The fraction of sp³-hybridized carbons (Fsp3) is 0.421. The Morgan fingerprint density at radius 3 is 2.73 bits per heavy atom. The Kier molecular flexibility index (Phi) is 5.27. The molecule has 6 nitrogen and oxygen atoms in total. The van der Waals surface area contributed by atoms with Crippen molar-refractivity contribution in [1.29, 1.82) is 0 Å². The van der Waals surface area contributed by atoms with Crippen LogP contribution in [0.1, 0.15) is 46.4 Å². The van der Waals surface area contributed by atoms with E-state index in [9.17, 15) is 14.4 Å². The summed E-state index contributed by atoms with van der Waals surface area (Å²) in [5, 5.41) is 4.68. The van der Waals surface area contributed by atoms with Crippen LogP contribution in [-0.4, -0.2) is 39.8 Å². The second-order valence-electron chi connectivity index (χ2n) is 6.59. The molecule has 3 amide bonds. The Bertz CT molecular complexity index is 839. The second kappa shape index (κ2) is 7.45. The number of nitrogens with zero attached hydrogens (tertiary/aromatic N) is 2. The summed E-state index contributed by atoms with van der Waals surface area (Å²) >= 11 is 1.67. The van der Waals surface area contributed by atoms with Crippen LogP contribution in [0.3, 0.4) is 0 Å². The number of hydrogen-bond donors (Lipinski definition) is 1. The fourth-order valence-electron chi connectivity index (χ4n) is 3.32. The van der Waals surface area contributed by atoms with E-state index in [1.54, 1.807) is 11.3 Å². The zero-order valence-corrected chi connectivity index (χ0v) is 16.1. The maximum atomic E-state index is 12.8. The number of ketones is 1. The third-order valence-corrected chi connectivity index (χ3v) is 5.62. The van der Waals surface area contributed by atoms with Crippen molar-refractivity contribution >= 4 is 29.1 Å². The monoisotopic (exact) mass is 373 g/mol. The van der Waals surface area contributed by atoms with Crippen LogP contribution in [0.5, 0.6) is 0 Å². The Morgan fingerprint density at radius 2 is 2.08 bits per heavy atom. The van der Waals surface area contributed by atoms with E-state index in [1.165, 1.54) is 4.88 Å². The molecular weight excluding hydrogens is 350 g/mol. The highest BCUT2D eigenvalue weighted by Gasteiger charge is 2.38. The Morgan fingerprint density at radius 1 is 1.31 bits per heavy atom. The number of rotatable bonds is 7. The SMILES string of the molecule is CCC[C@@H]1NC(=O)N(CC(=O)c2cc(C)n(Cc3cccs3)c2C)C1=O. The molecule has 2 aromatic rings. The van der Waals surface area contributed by atoms with Gasteiger partial charge in [-0.1, -0.05) is 19.4 Å². The highest BCUT2D eigenvalue weighted by molar-refractivity contribution is 7.09. The summed E-state index contributed by atoms with van der Waals surface area (Å²) in [4.78, 5) is 39.4. The summed E-state index contributed by atoms with van der Waals surface area (Å²) < 4.78 is 2.09. The van der Waals surface area contributed by atoms with Crippen molar-refractivity contribution < 1.29 is 14.4 Å². The number of urea groups is 1. The molecule has 1 N–H and O–H groups in total. The van der Waals surface area contributed by atoms with Gasteiger partial charge in [0, 0.05) is 21.8 Å². The topological polar surface area (TPSA) is 71.4 Å². The lowest BCUT2D eigenvalue weighted by atomic mass is 10.1. The number of imide groups is 1. The Labute approximate surface area is 156 Å². The van der Waals surface area contributed by atoms with Gasteiger partial charge in [-0.15, -0.1) is 11.3 Å². The van der Waals surface area contributed by atoms with Gasteiger partial charge in [-0.25, -0.2) is 4.79 Å². The molecule has 3 heterocycles. The van der Waals surface area contributed by atoms with Gasteiger partial charge in [-0.2, -0.15) is 0 Å². The first-order valence-corrected chi connectivity index (χ1v) is 9.64. The first-order valence-electron chi connectivity index (χ1n) is 8.76. The summed E-state index contributed by atoms with van der Waals surface area (Å²) in [6.07, 6.45) is 1.38. The van der Waals surface area contributed by atoms with Crippen LogP contribution in [-0.2, 0) is 11.3 Å². The first-order chi connectivity index (χ1) is 12.4. The Balaban J connectivity index is 1.76. The van der Waals surface area contributed by atoms with E-state index in [2.05, 4.69) is 16.0 Å². The maximum Gasteiger partial charge on any atom is 0.325 e. The third-order valence-electron chi connectivity index (χ3n) is 4.75. The number of nitrogens with one attached hydrogen (secondary N) is 1. The minimum Gasteiger partial charge on any atom is -0.343 e. The first kappa shape index (κ1) is 18.4. The Hall–Kier alpha value is -2.41. The minimum absolute atomic E-state index is 0.212. The van der Waals surface area contributed by atoms with Gasteiger partial charge in [-0.3, -0.25) is 14.5 Å². The summed E-state index contributed by atoms with van der Waals surface area (Å²) in [7, 11) is 0. The van der Waals surface area contributed by atoms with Crippen LogP contribution in [0.2, 0.25) is 0 Å². The largest absolute Gasteiger partial charge is 0.343 e. The van der Waals surface area contributed by atoms with Gasteiger partial charge in [-0.05, 0) is 37.8 Å². The minimum atomic E-state index is -0.508. The zero-order chi connectivity index (χ0) is 18.8. The van der Waals surface area contributed by atoms with Gasteiger partial charge in [0.25, 0.3) is 5.91 Å². The molecule has 1 atom stereocenters. The number of aryl methyl sites for hydroxylation is 1. The molecule has 0 spiro atoms. The van der Waals surface area contributed by atoms with Gasteiger partial charge in [0.2, 0.25) is 0 Å². The smallest absolute Gasteiger partial charge is 0.325 e. The molecule has 0 aliphatic carbocycles. The molecule has 3 rings (SSSR count). The standard InChI is InChI=1S/C19H23N3O3S/c1-4-6-16-18(24)22(19(25)20-16)11-17(23)15-9-12(2)21(13(15)3)10-14-7-5-8-26-14/h5,7-9,16H,4,6,10-11H2,1-3H3,(H,20,25)/t16-/m0/s1. The van der Waals surface area contributed by atoms with E-state index in [-0.39, 0.29) is 18.2 Å². The number of carbonyl (C=O) groups excluding carboxylic acids is 3. The fourth-order valence-corrected chi connectivity index (χ4v) is 4.02. The second-order valence-corrected chi connectivity index (χ2v) is 7.62. The number of hydrogen-bond acceptors (Lipinski definition) is 4. The van der Waals surface area contributed by atoms with Gasteiger partial charge in [0.15, 0.2) is 5.78 Å². The number of Topliss-reactive ketones (excluding diaryl/α,β-unsaturated/α-hetero) is 1. The number of carbonyl (C=O) groups is 3. The van der Waals surface area contributed by atoms with Gasteiger partial charge >= 0.3 is 6.03 Å². The summed E-state index contributed by atoms with van der Waals surface area (Å²) in [5.74, 6) is -0.520. The predicted octanol–water partition coefficient (Wildman–Crippen LogP) is 3.12. The lowest BCUT2D eigenvalue weighted by Crippen LogP contribution is -2.36. The van der Waals surface area contributed by atoms with E-state index in [0.29, 0.717) is 18.5 Å². The van der Waals surface area contributed by atoms with Crippen molar-refractivity contribution in [1.82, 2.24) is 14.8 Å². The van der Waals surface area contributed by atoms with Crippen LogP contribution < -0.4 is 5.32 Å². The molecule has 0 radical (unpaired) electrons. The van der Waals surface area contributed by atoms with Crippen molar-refractivity contribution in [3.8, 4) is 0 Å². The van der Waals surface area contributed by atoms with Crippen LogP contribution >= 0.6 is 11.3 Å². The van der Waals surface area contributed by atoms with Crippen molar-refractivity contribution in [2.75, 3.05) is 6.54 Å². The molecule has 26 heavy (non-hydrogen) atoms. The molecule has 138 valence electrons. The van der Waals surface area contributed by atoms with Crippen LogP contribution in [0.15, 0.2) is 23.6 Å². The molecule has 1 saturated heterocycles. The van der Waals surface area contributed by atoms with Crippen LogP contribution in [0.25, 0.3) is 0 Å². The molecule has 0 bridgehead atoms. The van der Waals surface area contributed by atoms with E-state index < -0.39 is 12.1 Å². The van der Waals surface area contributed by atoms with Crippen LogP contribution in [0, 0.1) is 13.8 Å². The van der Waals surface area contributed by atoms with E-state index >= 15 is 0 Å². The van der Waals surface area contributed by atoms with E-state index in [0.717, 1.165) is 22.7 Å². The average Bonchev–Trinajstić information content (AvgIpc) is 3.28. The van der Waals surface area contributed by atoms with Gasteiger partial charge in [0.05, 0.1) is 13.1 Å². The number of amides is 3. The molecule has 7 heteroatoms. The quantitative estimate of drug-likeness (QED) is 0.599. The molecule has 0 saturated carbocycles. The maximum absolute atomic E-state index is 12.8. The van der Waals surface area contributed by atoms with Gasteiger partial charge < -0.3 is 9.88 Å². The average molecular weight is 373 g/mol. The molecule has 1 fully saturated rings. The van der Waals surface area contributed by atoms with Crippen molar-refractivity contribution in [2.24, 2.45) is 0 Å². The summed E-state index contributed by atoms with van der Waals surface area (Å²) in [5.41, 5.74) is 2.41. The van der Waals surface area contributed by atoms with E-state index in [1.807, 2.05) is 38.3 Å². The highest BCUT2D eigenvalue weighted by atomic mass is 32.1. The molecular formula is C19H23N3O3S. The van der Waals surface area contributed by atoms with Crippen molar-refractivity contribution in [2.45, 2.75) is 46.2 Å². The van der Waals surface area contributed by atoms with Gasteiger partial charge in [0.1, 0.15) is 6.04 Å². The molecule has 2 aromatic heterocycles. The normalized spacial score (nSPS) is 17.0. The summed E-state index contributed by atoms with van der Waals surface area (Å²) in [6.45, 7) is 6.32. The zero-order valence-electron chi connectivity index (χ0n) is 15.2. The molecule has 1 aliphatic heterocycles. The molecule has 0 aromatic carbocycles. The third kappa shape index (κ3) is 3.44. The lowest BCUT2D eigenvalue weighted by molar-refractivity contribution is -0.127. The number of aromatic nitrogens is 1. The number of thiophene rings is 1. The predicted molar refractivity (Wildman–Crippen MR) is 101 cm³/mol. The molecule has 1 aliphatic rings. The van der Waals surface area contributed by atoms with Crippen molar-refractivity contribution in [3.05, 3.63) is 45.4 Å². The lowest BCUT2D eigenvalue weighted by Gasteiger charge is -2.12. The highest BCUT2D eigenvalue weighted by Crippen LogP contribution is 2.21. The van der Waals surface area contributed by atoms with Crippen LogP contribution in [0.4, 0.5) is 4.79 Å².